The van der Waals surface area contributed by atoms with Crippen LogP contribution in [0, 0.1) is 5.92 Å². The van der Waals surface area contributed by atoms with Gasteiger partial charge in [-0.1, -0.05) is 0 Å². The second kappa shape index (κ2) is 4.58. The van der Waals surface area contributed by atoms with Gasteiger partial charge in [-0.3, -0.25) is 0 Å². The highest BCUT2D eigenvalue weighted by Crippen LogP contribution is 2.33. The maximum Gasteiger partial charge on any atom is 0.113 e. The lowest BCUT2D eigenvalue weighted by Crippen LogP contribution is -2.41. The first kappa shape index (κ1) is 10.4. The van der Waals surface area contributed by atoms with Crippen LogP contribution in [0.5, 0.6) is 0 Å². The predicted octanol–water partition coefficient (Wildman–Crippen LogP) is 1.47. The van der Waals surface area contributed by atoms with Gasteiger partial charge in [0.25, 0.3) is 0 Å². The van der Waals surface area contributed by atoms with Gasteiger partial charge in [-0.25, -0.2) is 4.39 Å². The quantitative estimate of drug-likeness (QED) is 0.705. The third kappa shape index (κ3) is 2.67. The highest BCUT2D eigenvalue weighted by molar-refractivity contribution is 4.88. The molecule has 0 aromatic rings. The first-order chi connectivity index (χ1) is 6.79. The Kier molecular flexibility index (Phi) is 3.39. The molecule has 2 fully saturated rings. The van der Waals surface area contributed by atoms with Gasteiger partial charge in [-0.15, -0.1) is 0 Å². The Bertz CT molecular complexity index is 172. The summed E-state index contributed by atoms with van der Waals surface area (Å²) in [5, 5.41) is 6.55. The molecule has 0 atom stereocenters. The van der Waals surface area contributed by atoms with E-state index in [9.17, 15) is 4.39 Å². The summed E-state index contributed by atoms with van der Waals surface area (Å²) in [6.45, 7) is 3.89. The van der Waals surface area contributed by atoms with Gasteiger partial charge in [-0.2, -0.15) is 0 Å². The average molecular weight is 200 g/mol. The van der Waals surface area contributed by atoms with E-state index >= 15 is 0 Å². The second-order valence-corrected chi connectivity index (χ2v) is 4.80. The molecule has 2 saturated heterocycles. The van der Waals surface area contributed by atoms with E-state index in [-0.39, 0.29) is 0 Å². The molecule has 0 saturated carbocycles. The van der Waals surface area contributed by atoms with Crippen LogP contribution >= 0.6 is 0 Å². The molecule has 0 spiro atoms. The fraction of sp³-hybridized carbons (Fsp3) is 1.00. The molecule has 2 aliphatic rings. The lowest BCUT2D eigenvalue weighted by molar-refractivity contribution is 0.0759. The van der Waals surface area contributed by atoms with Crippen molar-refractivity contribution in [2.24, 2.45) is 5.92 Å². The Morgan fingerprint density at radius 3 is 2.21 bits per heavy atom. The van der Waals surface area contributed by atoms with Crippen molar-refractivity contribution in [3.63, 3.8) is 0 Å². The van der Waals surface area contributed by atoms with Crippen molar-refractivity contribution in [2.75, 3.05) is 26.2 Å². The fourth-order valence-electron chi connectivity index (χ4n) is 2.68. The van der Waals surface area contributed by atoms with Gasteiger partial charge < -0.3 is 10.6 Å². The first-order valence-corrected chi connectivity index (χ1v) is 5.89. The van der Waals surface area contributed by atoms with Gasteiger partial charge in [0.15, 0.2) is 0 Å². The third-order valence-electron chi connectivity index (χ3n) is 3.61. The molecule has 0 aliphatic carbocycles. The molecule has 14 heavy (non-hydrogen) atoms. The van der Waals surface area contributed by atoms with Crippen molar-refractivity contribution < 1.29 is 4.39 Å². The lowest BCUT2D eigenvalue weighted by atomic mass is 9.81. The Morgan fingerprint density at radius 2 is 1.57 bits per heavy atom. The van der Waals surface area contributed by atoms with E-state index in [0.717, 1.165) is 45.4 Å². The van der Waals surface area contributed by atoms with Gasteiger partial charge in [0.05, 0.1) is 0 Å². The summed E-state index contributed by atoms with van der Waals surface area (Å²) in [6, 6.07) is 0. The molecule has 82 valence electrons. The van der Waals surface area contributed by atoms with Crippen molar-refractivity contribution >= 4 is 0 Å². The molecule has 2 N–H and O–H groups in total. The Hall–Kier alpha value is -0.150. The fourth-order valence-corrected chi connectivity index (χ4v) is 2.68. The van der Waals surface area contributed by atoms with E-state index in [1.807, 2.05) is 0 Å². The van der Waals surface area contributed by atoms with Crippen LogP contribution in [0.3, 0.4) is 0 Å². The minimum atomic E-state index is -0.854. The first-order valence-electron chi connectivity index (χ1n) is 5.89. The van der Waals surface area contributed by atoms with Crippen LogP contribution in [0.1, 0.15) is 32.1 Å². The van der Waals surface area contributed by atoms with Gasteiger partial charge in [-0.05, 0) is 64.2 Å². The van der Waals surface area contributed by atoms with Crippen molar-refractivity contribution in [3.8, 4) is 0 Å². The summed E-state index contributed by atoms with van der Waals surface area (Å²) < 4.78 is 14.3. The predicted molar refractivity (Wildman–Crippen MR) is 56.2 cm³/mol. The summed E-state index contributed by atoms with van der Waals surface area (Å²) in [7, 11) is 0. The van der Waals surface area contributed by atoms with Gasteiger partial charge >= 0.3 is 0 Å². The average Bonchev–Trinajstić information content (AvgIpc) is 2.19. The van der Waals surface area contributed by atoms with E-state index in [1.165, 1.54) is 12.8 Å². The van der Waals surface area contributed by atoms with E-state index in [2.05, 4.69) is 10.6 Å². The summed E-state index contributed by atoms with van der Waals surface area (Å²) in [5.41, 5.74) is -0.854. The zero-order valence-corrected chi connectivity index (χ0v) is 8.82. The largest absolute Gasteiger partial charge is 0.317 e. The van der Waals surface area contributed by atoms with Crippen molar-refractivity contribution in [1.29, 1.82) is 0 Å². The Balaban J connectivity index is 1.81. The standard InChI is InChI=1S/C11H21FN2/c12-11(3-7-14-8-4-11)9-10-1-5-13-6-2-10/h10,13-14H,1-9H2. The van der Waals surface area contributed by atoms with Crippen LogP contribution in [0.2, 0.25) is 0 Å². The molecule has 0 unspecified atom stereocenters. The molecule has 2 aliphatic heterocycles. The molecule has 2 rings (SSSR count). The topological polar surface area (TPSA) is 24.1 Å². The molecule has 0 radical (unpaired) electrons. The highest BCUT2D eigenvalue weighted by Gasteiger charge is 2.34. The third-order valence-corrected chi connectivity index (χ3v) is 3.61. The van der Waals surface area contributed by atoms with E-state index < -0.39 is 5.67 Å². The Morgan fingerprint density at radius 1 is 1.00 bits per heavy atom. The number of alkyl halides is 1. The highest BCUT2D eigenvalue weighted by atomic mass is 19.1. The lowest BCUT2D eigenvalue weighted by Gasteiger charge is -2.34. The van der Waals surface area contributed by atoms with Crippen LogP contribution in [-0.2, 0) is 0 Å². The molecular formula is C11H21FN2. The van der Waals surface area contributed by atoms with Crippen molar-refractivity contribution in [2.45, 2.75) is 37.8 Å². The number of halogens is 1. The normalized spacial score (nSPS) is 28.9. The van der Waals surface area contributed by atoms with Crippen molar-refractivity contribution in [1.82, 2.24) is 10.6 Å². The molecule has 0 aromatic heterocycles. The van der Waals surface area contributed by atoms with Crippen LogP contribution in [0.4, 0.5) is 4.39 Å². The van der Waals surface area contributed by atoms with Gasteiger partial charge in [0, 0.05) is 0 Å². The SMILES string of the molecule is FC1(CC2CCNCC2)CCNCC1. The minimum Gasteiger partial charge on any atom is -0.317 e. The van der Waals surface area contributed by atoms with Crippen molar-refractivity contribution in [3.05, 3.63) is 0 Å². The molecule has 2 nitrogen and oxygen atoms in total. The zero-order chi connectivity index (χ0) is 9.86. The number of nitrogens with one attached hydrogen (secondary N) is 2. The summed E-state index contributed by atoms with van der Waals surface area (Å²) in [4.78, 5) is 0. The molecule has 3 heteroatoms. The summed E-state index contributed by atoms with van der Waals surface area (Å²) in [6.07, 6.45) is 4.57. The van der Waals surface area contributed by atoms with Crippen LogP contribution in [-0.4, -0.2) is 31.8 Å². The van der Waals surface area contributed by atoms with E-state index in [1.54, 1.807) is 0 Å². The number of rotatable bonds is 2. The van der Waals surface area contributed by atoms with Gasteiger partial charge in [0.2, 0.25) is 0 Å². The molecule has 2 heterocycles. The number of piperidine rings is 2. The monoisotopic (exact) mass is 200 g/mol. The van der Waals surface area contributed by atoms with E-state index in [4.69, 9.17) is 0 Å². The summed E-state index contributed by atoms with van der Waals surface area (Å²) in [5.74, 6) is 0.624. The molecule has 0 amide bonds. The number of hydrogen-bond donors (Lipinski definition) is 2. The van der Waals surface area contributed by atoms with E-state index in [0.29, 0.717) is 5.92 Å². The molecular weight excluding hydrogens is 179 g/mol. The second-order valence-electron chi connectivity index (χ2n) is 4.80. The maximum atomic E-state index is 14.3. The van der Waals surface area contributed by atoms with Crippen LogP contribution < -0.4 is 10.6 Å². The van der Waals surface area contributed by atoms with Crippen LogP contribution in [0.15, 0.2) is 0 Å². The number of hydrogen-bond acceptors (Lipinski definition) is 2. The molecule has 0 bridgehead atoms. The molecule has 0 aromatic carbocycles. The zero-order valence-electron chi connectivity index (χ0n) is 8.82. The van der Waals surface area contributed by atoms with Crippen LogP contribution in [0.25, 0.3) is 0 Å². The van der Waals surface area contributed by atoms with Gasteiger partial charge in [0.1, 0.15) is 5.67 Å². The smallest absolute Gasteiger partial charge is 0.113 e. The Labute approximate surface area is 85.6 Å². The maximum absolute atomic E-state index is 14.3. The summed E-state index contributed by atoms with van der Waals surface area (Å²) >= 11 is 0. The minimum absolute atomic E-state index is 0.624.